The molecule has 6 rings (SSSR count). The molecule has 4 heterocycles. The van der Waals surface area contributed by atoms with Crippen molar-refractivity contribution in [1.82, 2.24) is 45.6 Å². The lowest BCUT2D eigenvalue weighted by molar-refractivity contribution is -0.138. The third-order valence-corrected chi connectivity index (χ3v) is 12.0. The third kappa shape index (κ3) is 8.90. The van der Waals surface area contributed by atoms with Gasteiger partial charge in [-0.3, -0.25) is 19.2 Å². The molecule has 2 aromatic heterocycles. The lowest BCUT2D eigenvalue weighted by Gasteiger charge is -2.32. The first kappa shape index (κ1) is 42.7. The number of carbonyl (C=O) groups is 4. The average Bonchev–Trinajstić information content (AvgIpc) is 4.01. The summed E-state index contributed by atoms with van der Waals surface area (Å²) in [4.78, 5) is 66.4. The van der Waals surface area contributed by atoms with Gasteiger partial charge in [-0.05, 0) is 108 Å². The smallest absolute Gasteiger partial charge is 0.245 e. The molecule has 6 atom stereocenters. The van der Waals surface area contributed by atoms with E-state index in [2.05, 4.69) is 26.3 Å². The van der Waals surface area contributed by atoms with E-state index in [0.717, 1.165) is 36.6 Å². The lowest BCUT2D eigenvalue weighted by atomic mass is 9.98. The molecule has 13 nitrogen and oxygen atoms in total. The van der Waals surface area contributed by atoms with Crippen molar-refractivity contribution < 1.29 is 28.0 Å². The van der Waals surface area contributed by atoms with Crippen LogP contribution in [-0.4, -0.2) is 111 Å². The summed E-state index contributed by atoms with van der Waals surface area (Å²) in [5.41, 5.74) is 3.14. The van der Waals surface area contributed by atoms with Gasteiger partial charge in [0.25, 0.3) is 0 Å². The summed E-state index contributed by atoms with van der Waals surface area (Å²) in [5, 5.41) is 12.6. The van der Waals surface area contributed by atoms with Crippen molar-refractivity contribution in [2.45, 2.75) is 122 Å². The van der Waals surface area contributed by atoms with Crippen molar-refractivity contribution in [2.24, 2.45) is 5.92 Å². The molecule has 0 aliphatic carbocycles. The molecule has 2 aromatic carbocycles. The van der Waals surface area contributed by atoms with Crippen molar-refractivity contribution >= 4 is 45.6 Å². The lowest BCUT2D eigenvalue weighted by Crippen LogP contribution is -2.55. The Hall–Kier alpha value is -4.89. The number of nitrogens with one attached hydrogen (secondary N) is 5. The molecular weight excluding hydrogens is 745 g/mol. The number of amides is 4. The Morgan fingerprint density at radius 3 is 2.12 bits per heavy atom. The molecule has 2 fully saturated rings. The van der Waals surface area contributed by atoms with Crippen LogP contribution in [0, 0.1) is 17.6 Å². The molecule has 1 unspecified atom stereocenters. The number of hydrogen-bond acceptors (Lipinski definition) is 7. The van der Waals surface area contributed by atoms with Gasteiger partial charge >= 0.3 is 0 Å². The predicted molar refractivity (Wildman–Crippen MR) is 221 cm³/mol. The van der Waals surface area contributed by atoms with Crippen LogP contribution in [0.15, 0.2) is 36.4 Å². The Bertz CT molecular complexity index is 2130. The van der Waals surface area contributed by atoms with E-state index in [-0.39, 0.29) is 41.6 Å². The molecule has 2 aliphatic heterocycles. The number of halogens is 2. The molecule has 0 radical (unpaired) electrons. The fourth-order valence-corrected chi connectivity index (χ4v) is 8.48. The summed E-state index contributed by atoms with van der Waals surface area (Å²) < 4.78 is 31.6. The predicted octanol–water partition coefficient (Wildman–Crippen LogP) is 4.63. The third-order valence-electron chi connectivity index (χ3n) is 12.0. The Balaban J connectivity index is 1.38. The topological polar surface area (TPSA) is 156 Å². The van der Waals surface area contributed by atoms with Gasteiger partial charge < -0.3 is 40.6 Å². The molecular formula is C43H59F2N9O4. The normalized spacial score (nSPS) is 19.2. The zero-order valence-corrected chi connectivity index (χ0v) is 34.8. The molecule has 2 saturated heterocycles. The summed E-state index contributed by atoms with van der Waals surface area (Å²) in [5.74, 6) is -1.27. The first-order chi connectivity index (χ1) is 27.8. The van der Waals surface area contributed by atoms with Crippen LogP contribution in [0.3, 0.4) is 0 Å². The van der Waals surface area contributed by atoms with Crippen LogP contribution in [0.5, 0.6) is 0 Å². The van der Waals surface area contributed by atoms with E-state index in [1.54, 1.807) is 40.1 Å². The maximum absolute atomic E-state index is 14.8. The SMILES string of the molecule is CCC[C@H](NC(=O)[C@H](C)NC)C(=O)N1CCC[C@H]1Cn1c(-c2[nH]c3cc(F)ccc3c2C[C@@H]2CCCN2C(=O)C(NC(=O)[C@H](C)NC)C(C)C)nc2cc(F)ccc21. The second-order valence-electron chi connectivity index (χ2n) is 16.3. The van der Waals surface area contributed by atoms with E-state index in [1.165, 1.54) is 24.3 Å². The number of likely N-dealkylation sites (N-methyl/N-ethyl adjacent to an activating group) is 2. The van der Waals surface area contributed by atoms with Crippen LogP contribution in [0.2, 0.25) is 0 Å². The minimum absolute atomic E-state index is 0.137. The number of fused-ring (bicyclic) bond motifs is 2. The number of likely N-dealkylation sites (tertiary alicyclic amines) is 2. The number of carbonyl (C=O) groups excluding carboxylic acids is 4. The van der Waals surface area contributed by atoms with Crippen molar-refractivity contribution in [2.75, 3.05) is 27.2 Å². The van der Waals surface area contributed by atoms with E-state index in [1.807, 2.05) is 35.1 Å². The Labute approximate surface area is 339 Å². The second-order valence-corrected chi connectivity index (χ2v) is 16.3. The fourth-order valence-electron chi connectivity index (χ4n) is 8.48. The number of rotatable bonds is 16. The van der Waals surface area contributed by atoms with E-state index in [0.29, 0.717) is 67.0 Å². The number of benzene rings is 2. The molecule has 0 bridgehead atoms. The summed E-state index contributed by atoms with van der Waals surface area (Å²) in [6.07, 6.45) is 4.64. The summed E-state index contributed by atoms with van der Waals surface area (Å²) in [7, 11) is 3.40. The number of imidazole rings is 1. The van der Waals surface area contributed by atoms with Gasteiger partial charge in [0.15, 0.2) is 5.82 Å². The zero-order chi connectivity index (χ0) is 41.8. The van der Waals surface area contributed by atoms with Gasteiger partial charge in [0.2, 0.25) is 23.6 Å². The van der Waals surface area contributed by atoms with Crippen LogP contribution in [0.4, 0.5) is 8.78 Å². The quantitative estimate of drug-likeness (QED) is 0.111. The largest absolute Gasteiger partial charge is 0.352 e. The van der Waals surface area contributed by atoms with Crippen LogP contribution < -0.4 is 21.3 Å². The highest BCUT2D eigenvalue weighted by molar-refractivity contribution is 5.93. The van der Waals surface area contributed by atoms with E-state index in [9.17, 15) is 28.0 Å². The highest BCUT2D eigenvalue weighted by Crippen LogP contribution is 2.37. The zero-order valence-electron chi connectivity index (χ0n) is 34.8. The standard InChI is InChI=1S/C43H59F2N9O4/c1-8-11-33(50-40(55)25(4)46-6)42(57)53-19-10-13-30(53)23-54-36-17-15-28(45)21-35(36)49-39(54)38-32(31-16-14-27(44)20-34(31)48-38)22-29-12-9-18-52(29)43(58)37(24(2)3)51-41(56)26(5)47-7/h14-17,20-21,24-26,29-30,33,37,46-48H,8-13,18-19,22-23H2,1-7H3,(H,50,55)(H,51,56)/t25-,26-,29-,30-,33-,37?/m0/s1. The molecule has 314 valence electrons. The minimum atomic E-state index is -0.714. The first-order valence-electron chi connectivity index (χ1n) is 20.8. The number of hydrogen-bond donors (Lipinski definition) is 5. The Morgan fingerprint density at radius 2 is 1.47 bits per heavy atom. The molecule has 4 aromatic rings. The van der Waals surface area contributed by atoms with E-state index in [4.69, 9.17) is 4.98 Å². The van der Waals surface area contributed by atoms with Gasteiger partial charge in [-0.2, -0.15) is 0 Å². The average molecular weight is 804 g/mol. The van der Waals surface area contributed by atoms with Crippen molar-refractivity contribution in [3.8, 4) is 11.5 Å². The van der Waals surface area contributed by atoms with Crippen LogP contribution in [0.1, 0.15) is 78.7 Å². The van der Waals surface area contributed by atoms with Gasteiger partial charge in [0, 0.05) is 48.7 Å². The maximum Gasteiger partial charge on any atom is 0.245 e. The second kappa shape index (κ2) is 18.4. The fraction of sp³-hybridized carbons (Fsp3) is 0.558. The molecule has 4 amide bonds. The van der Waals surface area contributed by atoms with Gasteiger partial charge in [-0.25, -0.2) is 13.8 Å². The highest BCUT2D eigenvalue weighted by atomic mass is 19.1. The van der Waals surface area contributed by atoms with E-state index >= 15 is 0 Å². The molecule has 58 heavy (non-hydrogen) atoms. The number of aromatic amines is 1. The van der Waals surface area contributed by atoms with Crippen molar-refractivity contribution in [1.29, 1.82) is 0 Å². The molecule has 5 N–H and O–H groups in total. The number of H-pyrrole nitrogens is 1. The maximum atomic E-state index is 14.8. The summed E-state index contributed by atoms with van der Waals surface area (Å²) >= 11 is 0. The molecule has 15 heteroatoms. The molecule has 0 saturated carbocycles. The summed E-state index contributed by atoms with van der Waals surface area (Å²) in [6.45, 7) is 10.7. The van der Waals surface area contributed by atoms with Crippen LogP contribution >= 0.6 is 0 Å². The van der Waals surface area contributed by atoms with Gasteiger partial charge in [-0.15, -0.1) is 0 Å². The number of nitrogens with zero attached hydrogens (tertiary/aromatic N) is 4. The van der Waals surface area contributed by atoms with Gasteiger partial charge in [0.05, 0.1) is 28.8 Å². The first-order valence-corrected chi connectivity index (χ1v) is 20.8. The Kier molecular flexibility index (Phi) is 13.5. The molecule has 2 aliphatic rings. The number of aromatic nitrogens is 3. The molecule has 0 spiro atoms. The monoisotopic (exact) mass is 803 g/mol. The van der Waals surface area contributed by atoms with Crippen molar-refractivity contribution in [3.63, 3.8) is 0 Å². The Morgan fingerprint density at radius 1 is 0.845 bits per heavy atom. The van der Waals surface area contributed by atoms with Crippen LogP contribution in [-0.2, 0) is 32.1 Å². The van der Waals surface area contributed by atoms with Gasteiger partial charge in [-0.1, -0.05) is 27.2 Å². The van der Waals surface area contributed by atoms with E-state index < -0.39 is 35.8 Å². The minimum Gasteiger partial charge on any atom is -0.352 e. The van der Waals surface area contributed by atoms with Gasteiger partial charge in [0.1, 0.15) is 23.7 Å². The van der Waals surface area contributed by atoms with Crippen molar-refractivity contribution in [3.05, 3.63) is 53.6 Å². The highest BCUT2D eigenvalue weighted by Gasteiger charge is 2.38. The summed E-state index contributed by atoms with van der Waals surface area (Å²) in [6, 6.07) is 6.28. The van der Waals surface area contributed by atoms with Crippen LogP contribution in [0.25, 0.3) is 33.5 Å².